The Hall–Kier alpha value is -2.03. The van der Waals surface area contributed by atoms with E-state index in [1.54, 1.807) is 43.5 Å². The highest BCUT2D eigenvalue weighted by molar-refractivity contribution is 7.93. The smallest absolute Gasteiger partial charge is 0.269 e. The number of anilines is 1. The first-order chi connectivity index (χ1) is 12.4. The molecule has 0 N–H and O–H groups in total. The molecule has 2 heterocycles. The van der Waals surface area contributed by atoms with Gasteiger partial charge in [0.15, 0.2) is 10.7 Å². The molecule has 0 unspecified atom stereocenters. The lowest BCUT2D eigenvalue weighted by Crippen LogP contribution is -2.32. The average molecular weight is 398 g/mol. The quantitative estimate of drug-likeness (QED) is 0.772. The van der Waals surface area contributed by atoms with Crippen LogP contribution >= 0.6 is 11.6 Å². The van der Waals surface area contributed by atoms with Crippen LogP contribution in [0.1, 0.15) is 11.5 Å². The molecular formula is C17H20ClN3O4S. The summed E-state index contributed by atoms with van der Waals surface area (Å²) in [4.78, 5) is 2.07. The van der Waals surface area contributed by atoms with Gasteiger partial charge in [-0.05, 0) is 19.1 Å². The van der Waals surface area contributed by atoms with E-state index in [1.165, 1.54) is 7.05 Å². The topological polar surface area (TPSA) is 75.9 Å². The number of hydrogen-bond donors (Lipinski definition) is 0. The molecule has 2 aromatic rings. The molecule has 0 amide bonds. The third kappa shape index (κ3) is 3.72. The van der Waals surface area contributed by atoms with Crippen molar-refractivity contribution in [3.8, 4) is 0 Å². The van der Waals surface area contributed by atoms with Crippen molar-refractivity contribution in [3.05, 3.63) is 46.9 Å². The molecule has 1 fully saturated rings. The van der Waals surface area contributed by atoms with Gasteiger partial charge in [0.05, 0.1) is 23.9 Å². The Morgan fingerprint density at radius 3 is 2.65 bits per heavy atom. The lowest BCUT2D eigenvalue weighted by atomic mass is 10.3. The third-order valence-corrected chi connectivity index (χ3v) is 6.38. The van der Waals surface area contributed by atoms with Crippen molar-refractivity contribution in [1.29, 1.82) is 0 Å². The molecule has 140 valence electrons. The summed E-state index contributed by atoms with van der Waals surface area (Å²) in [6.07, 6.45) is 3.43. The number of hydrogen-bond acceptors (Lipinski definition) is 6. The Kier molecular flexibility index (Phi) is 5.55. The SMILES string of the molecule is Cc1noc(/C=C/N2CCOCC2)c1S(=O)(=O)N(C)c1ccccc1Cl. The zero-order valence-corrected chi connectivity index (χ0v) is 16.1. The number of ether oxygens (including phenoxy) is 1. The molecule has 26 heavy (non-hydrogen) atoms. The molecule has 1 saturated heterocycles. The lowest BCUT2D eigenvalue weighted by molar-refractivity contribution is 0.0597. The number of sulfonamides is 1. The van der Waals surface area contributed by atoms with Crippen molar-refractivity contribution in [3.63, 3.8) is 0 Å². The minimum absolute atomic E-state index is 0.0319. The predicted molar refractivity (Wildman–Crippen MR) is 99.7 cm³/mol. The van der Waals surface area contributed by atoms with Gasteiger partial charge >= 0.3 is 0 Å². The maximum absolute atomic E-state index is 13.1. The molecule has 0 spiro atoms. The van der Waals surface area contributed by atoms with Crippen LogP contribution in [0.2, 0.25) is 5.02 Å². The maximum Gasteiger partial charge on any atom is 0.269 e. The summed E-state index contributed by atoms with van der Waals surface area (Å²) in [5.41, 5.74) is 0.684. The van der Waals surface area contributed by atoms with Crippen molar-refractivity contribution in [1.82, 2.24) is 10.1 Å². The molecule has 0 bridgehead atoms. The zero-order valence-electron chi connectivity index (χ0n) is 14.6. The van der Waals surface area contributed by atoms with Gasteiger partial charge in [-0.15, -0.1) is 0 Å². The monoisotopic (exact) mass is 397 g/mol. The highest BCUT2D eigenvalue weighted by Crippen LogP contribution is 2.31. The highest BCUT2D eigenvalue weighted by Gasteiger charge is 2.30. The fraction of sp³-hybridized carbons (Fsp3) is 0.353. The molecule has 1 aromatic carbocycles. The predicted octanol–water partition coefficient (Wildman–Crippen LogP) is 2.76. The van der Waals surface area contributed by atoms with Gasteiger partial charge in [0.1, 0.15) is 5.69 Å². The van der Waals surface area contributed by atoms with E-state index in [0.717, 1.165) is 17.4 Å². The van der Waals surface area contributed by atoms with Gasteiger partial charge in [0.2, 0.25) is 0 Å². The van der Waals surface area contributed by atoms with E-state index in [2.05, 4.69) is 5.16 Å². The minimum atomic E-state index is -3.89. The van der Waals surface area contributed by atoms with Crippen molar-refractivity contribution in [2.45, 2.75) is 11.8 Å². The first-order valence-corrected chi connectivity index (χ1v) is 9.93. The standard InChI is InChI=1S/C17H20ClN3O4S/c1-13-17(16(25-19-13)7-8-21-9-11-24-12-10-21)26(22,23)20(2)15-6-4-3-5-14(15)18/h3-8H,9-12H2,1-2H3/b8-7+. The Balaban J connectivity index is 1.94. The summed E-state index contributed by atoms with van der Waals surface area (Å²) >= 11 is 6.15. The van der Waals surface area contributed by atoms with Crippen LogP contribution in [-0.2, 0) is 14.8 Å². The number of aryl methyl sites for hydroxylation is 1. The molecule has 0 atom stereocenters. The summed E-state index contributed by atoms with van der Waals surface area (Å²) in [6, 6.07) is 6.76. The second-order valence-corrected chi connectivity index (χ2v) is 8.16. The van der Waals surface area contributed by atoms with Crippen LogP contribution in [0, 0.1) is 6.92 Å². The first kappa shape index (κ1) is 18.8. The minimum Gasteiger partial charge on any atom is -0.378 e. The summed E-state index contributed by atoms with van der Waals surface area (Å²) in [5, 5.41) is 4.18. The Morgan fingerprint density at radius 2 is 1.96 bits per heavy atom. The van der Waals surface area contributed by atoms with Crippen LogP contribution in [0.4, 0.5) is 5.69 Å². The van der Waals surface area contributed by atoms with Crippen LogP contribution < -0.4 is 4.31 Å². The van der Waals surface area contributed by atoms with E-state index in [1.807, 2.05) is 4.90 Å². The normalized spacial score (nSPS) is 15.6. The van der Waals surface area contributed by atoms with E-state index >= 15 is 0 Å². The van der Waals surface area contributed by atoms with Gasteiger partial charge in [0.25, 0.3) is 10.0 Å². The summed E-state index contributed by atoms with van der Waals surface area (Å²) in [5.74, 6) is 0.188. The highest BCUT2D eigenvalue weighted by atomic mass is 35.5. The molecule has 0 saturated carbocycles. The molecule has 1 aliphatic heterocycles. The molecule has 0 radical (unpaired) electrons. The van der Waals surface area contributed by atoms with E-state index in [-0.39, 0.29) is 10.7 Å². The van der Waals surface area contributed by atoms with Gasteiger partial charge in [-0.1, -0.05) is 28.9 Å². The number of aromatic nitrogens is 1. The molecule has 9 heteroatoms. The molecule has 0 aliphatic carbocycles. The summed E-state index contributed by atoms with van der Waals surface area (Å²) in [6.45, 7) is 4.36. The second kappa shape index (κ2) is 7.69. The van der Waals surface area contributed by atoms with Crippen molar-refractivity contribution >= 4 is 33.4 Å². The van der Waals surface area contributed by atoms with Crippen LogP contribution in [-0.4, -0.2) is 51.8 Å². The number of benzene rings is 1. The van der Waals surface area contributed by atoms with Gasteiger partial charge in [-0.2, -0.15) is 0 Å². The number of para-hydroxylation sites is 1. The van der Waals surface area contributed by atoms with Gasteiger partial charge in [0, 0.05) is 32.4 Å². The van der Waals surface area contributed by atoms with Crippen LogP contribution in [0.25, 0.3) is 6.08 Å². The summed E-state index contributed by atoms with van der Waals surface area (Å²) < 4.78 is 38.0. The first-order valence-electron chi connectivity index (χ1n) is 8.11. The summed E-state index contributed by atoms with van der Waals surface area (Å²) in [7, 11) is -2.43. The van der Waals surface area contributed by atoms with Gasteiger partial charge in [-0.3, -0.25) is 4.31 Å². The fourth-order valence-electron chi connectivity index (χ4n) is 2.67. The molecule has 1 aromatic heterocycles. The van der Waals surface area contributed by atoms with Crippen LogP contribution in [0.15, 0.2) is 39.9 Å². The number of rotatable bonds is 5. The largest absolute Gasteiger partial charge is 0.378 e. The Morgan fingerprint density at radius 1 is 1.27 bits per heavy atom. The van der Waals surface area contributed by atoms with Crippen molar-refractivity contribution < 1.29 is 17.7 Å². The number of morpholine rings is 1. The molecule has 7 nitrogen and oxygen atoms in total. The molecule has 3 rings (SSSR count). The lowest BCUT2D eigenvalue weighted by Gasteiger charge is -2.24. The average Bonchev–Trinajstić information content (AvgIpc) is 3.02. The second-order valence-electron chi connectivity index (χ2n) is 5.85. The fourth-order valence-corrected chi connectivity index (χ4v) is 4.45. The van der Waals surface area contributed by atoms with Gasteiger partial charge in [-0.25, -0.2) is 8.42 Å². The number of halogens is 1. The van der Waals surface area contributed by atoms with Gasteiger partial charge < -0.3 is 14.2 Å². The molecule has 1 aliphatic rings. The maximum atomic E-state index is 13.1. The third-order valence-electron chi connectivity index (χ3n) is 4.13. The Labute approximate surface area is 157 Å². The zero-order chi connectivity index (χ0) is 18.7. The van der Waals surface area contributed by atoms with Crippen molar-refractivity contribution in [2.24, 2.45) is 0 Å². The van der Waals surface area contributed by atoms with E-state index < -0.39 is 10.0 Å². The van der Waals surface area contributed by atoms with E-state index in [9.17, 15) is 8.42 Å². The van der Waals surface area contributed by atoms with Crippen molar-refractivity contribution in [2.75, 3.05) is 37.7 Å². The number of nitrogens with zero attached hydrogens (tertiary/aromatic N) is 3. The Bertz CT molecular complexity index is 904. The molecular weight excluding hydrogens is 378 g/mol. The van der Waals surface area contributed by atoms with Crippen LogP contribution in [0.3, 0.4) is 0 Å². The van der Waals surface area contributed by atoms with Crippen LogP contribution in [0.5, 0.6) is 0 Å². The van der Waals surface area contributed by atoms with E-state index in [0.29, 0.717) is 29.6 Å². The van der Waals surface area contributed by atoms with E-state index in [4.69, 9.17) is 20.9 Å².